The molecule has 1 N–H and O–H groups in total. The number of aromatic hydroxyl groups is 1. The zero-order valence-electron chi connectivity index (χ0n) is 13.0. The van der Waals surface area contributed by atoms with E-state index in [1.165, 1.54) is 0 Å². The number of rotatable bonds is 3. The standard InChI is InChI=1S/C17H24N2O/c1-12(2)11-14-15(13-9-7-6-8-10-13)19(17(3,4)5)18-16(14)20/h6-10,12H,11H2,1-5H3,(H,18,20). The summed E-state index contributed by atoms with van der Waals surface area (Å²) in [7, 11) is 0. The normalized spacial score (nSPS) is 12.1. The fourth-order valence-corrected chi connectivity index (χ4v) is 2.41. The van der Waals surface area contributed by atoms with E-state index in [-0.39, 0.29) is 11.4 Å². The first kappa shape index (κ1) is 14.6. The predicted molar refractivity (Wildman–Crippen MR) is 82.9 cm³/mol. The third kappa shape index (κ3) is 2.87. The zero-order valence-corrected chi connectivity index (χ0v) is 13.0. The van der Waals surface area contributed by atoms with Crippen molar-refractivity contribution in [3.8, 4) is 17.1 Å². The van der Waals surface area contributed by atoms with Crippen LogP contribution in [0.15, 0.2) is 30.3 Å². The second-order valence-electron chi connectivity index (χ2n) is 6.70. The van der Waals surface area contributed by atoms with Crippen molar-refractivity contribution in [2.45, 2.75) is 46.6 Å². The summed E-state index contributed by atoms with van der Waals surface area (Å²) in [6.07, 6.45) is 0.826. The molecular formula is C17H24N2O. The Morgan fingerprint density at radius 3 is 2.25 bits per heavy atom. The van der Waals surface area contributed by atoms with Gasteiger partial charge in [-0.3, -0.25) is 4.68 Å². The molecule has 0 aliphatic carbocycles. The molecule has 2 rings (SSSR count). The van der Waals surface area contributed by atoms with Gasteiger partial charge in [0, 0.05) is 11.1 Å². The van der Waals surface area contributed by atoms with Gasteiger partial charge in [0.1, 0.15) is 0 Å². The molecule has 0 aliphatic rings. The van der Waals surface area contributed by atoms with Crippen LogP contribution in [0, 0.1) is 5.92 Å². The van der Waals surface area contributed by atoms with E-state index in [4.69, 9.17) is 0 Å². The number of hydrogen-bond donors (Lipinski definition) is 1. The summed E-state index contributed by atoms with van der Waals surface area (Å²) >= 11 is 0. The van der Waals surface area contributed by atoms with Crippen molar-refractivity contribution in [1.82, 2.24) is 9.78 Å². The molecular weight excluding hydrogens is 248 g/mol. The van der Waals surface area contributed by atoms with Crippen LogP contribution in [0.5, 0.6) is 5.88 Å². The maximum atomic E-state index is 10.3. The van der Waals surface area contributed by atoms with E-state index in [2.05, 4.69) is 51.9 Å². The van der Waals surface area contributed by atoms with Crippen LogP contribution in [-0.4, -0.2) is 14.9 Å². The molecule has 2 aromatic rings. The molecule has 0 saturated heterocycles. The topological polar surface area (TPSA) is 38.1 Å². The summed E-state index contributed by atoms with van der Waals surface area (Å²) in [6, 6.07) is 10.2. The lowest BCUT2D eigenvalue weighted by atomic mass is 9.98. The highest BCUT2D eigenvalue weighted by Crippen LogP contribution is 2.35. The lowest BCUT2D eigenvalue weighted by Gasteiger charge is -2.23. The summed E-state index contributed by atoms with van der Waals surface area (Å²) < 4.78 is 1.94. The van der Waals surface area contributed by atoms with E-state index >= 15 is 0 Å². The lowest BCUT2D eigenvalue weighted by molar-refractivity contribution is 0.341. The molecule has 108 valence electrons. The maximum Gasteiger partial charge on any atom is 0.234 e. The van der Waals surface area contributed by atoms with Crippen LogP contribution in [0.4, 0.5) is 0 Å². The molecule has 3 heteroatoms. The minimum absolute atomic E-state index is 0.160. The fraction of sp³-hybridized carbons (Fsp3) is 0.471. The number of aromatic nitrogens is 2. The molecule has 20 heavy (non-hydrogen) atoms. The van der Waals surface area contributed by atoms with Gasteiger partial charge < -0.3 is 5.11 Å². The molecule has 0 fully saturated rings. The van der Waals surface area contributed by atoms with Gasteiger partial charge in [-0.1, -0.05) is 44.2 Å². The predicted octanol–water partition coefficient (Wildman–Crippen LogP) is 4.21. The summed E-state index contributed by atoms with van der Waals surface area (Å²) in [6.45, 7) is 10.6. The Hall–Kier alpha value is -1.77. The highest BCUT2D eigenvalue weighted by Gasteiger charge is 2.25. The zero-order chi connectivity index (χ0) is 14.9. The van der Waals surface area contributed by atoms with Crippen molar-refractivity contribution >= 4 is 0 Å². The number of benzene rings is 1. The van der Waals surface area contributed by atoms with Crippen LogP contribution in [0.1, 0.15) is 40.2 Å². The monoisotopic (exact) mass is 272 g/mol. The molecule has 3 nitrogen and oxygen atoms in total. The number of hydrogen-bond acceptors (Lipinski definition) is 2. The fourth-order valence-electron chi connectivity index (χ4n) is 2.41. The van der Waals surface area contributed by atoms with Gasteiger partial charge >= 0.3 is 0 Å². The summed E-state index contributed by atoms with van der Waals surface area (Å²) in [5, 5.41) is 14.6. The van der Waals surface area contributed by atoms with Gasteiger partial charge in [-0.25, -0.2) is 0 Å². The van der Waals surface area contributed by atoms with Crippen molar-refractivity contribution < 1.29 is 5.11 Å². The Kier molecular flexibility index (Phi) is 3.89. The van der Waals surface area contributed by atoms with Crippen LogP contribution in [0.3, 0.4) is 0 Å². The van der Waals surface area contributed by atoms with Crippen molar-refractivity contribution in [2.24, 2.45) is 5.92 Å². The van der Waals surface area contributed by atoms with Crippen molar-refractivity contribution in [3.05, 3.63) is 35.9 Å². The van der Waals surface area contributed by atoms with Crippen molar-refractivity contribution in [3.63, 3.8) is 0 Å². The molecule has 0 radical (unpaired) electrons. The molecule has 0 unspecified atom stereocenters. The van der Waals surface area contributed by atoms with Crippen LogP contribution >= 0.6 is 0 Å². The molecule has 1 aromatic carbocycles. The van der Waals surface area contributed by atoms with Gasteiger partial charge in [-0.15, -0.1) is 5.10 Å². The Labute approximate surface area is 121 Å². The Bertz CT molecular complexity index is 577. The second-order valence-corrected chi connectivity index (χ2v) is 6.70. The first-order valence-electron chi connectivity index (χ1n) is 7.17. The molecule has 0 amide bonds. The summed E-state index contributed by atoms with van der Waals surface area (Å²) in [4.78, 5) is 0. The molecule has 0 saturated carbocycles. The second kappa shape index (κ2) is 5.31. The van der Waals surface area contributed by atoms with Crippen LogP contribution in [0.25, 0.3) is 11.3 Å². The Balaban J connectivity index is 2.67. The highest BCUT2D eigenvalue weighted by atomic mass is 16.3. The van der Waals surface area contributed by atoms with Gasteiger partial charge in [0.05, 0.1) is 11.2 Å². The van der Waals surface area contributed by atoms with Gasteiger partial charge in [-0.05, 0) is 33.1 Å². The smallest absolute Gasteiger partial charge is 0.234 e. The molecule has 0 aliphatic heterocycles. The summed E-state index contributed by atoms with van der Waals surface area (Å²) in [5.41, 5.74) is 2.91. The maximum absolute atomic E-state index is 10.3. The van der Waals surface area contributed by atoms with Gasteiger partial charge in [-0.2, -0.15) is 0 Å². The van der Waals surface area contributed by atoms with Crippen LogP contribution in [-0.2, 0) is 12.0 Å². The van der Waals surface area contributed by atoms with E-state index in [0.717, 1.165) is 23.2 Å². The molecule has 0 bridgehead atoms. The van der Waals surface area contributed by atoms with E-state index in [1.54, 1.807) is 0 Å². The van der Waals surface area contributed by atoms with Crippen LogP contribution < -0.4 is 0 Å². The minimum atomic E-state index is -0.169. The Morgan fingerprint density at radius 1 is 1.15 bits per heavy atom. The first-order chi connectivity index (χ1) is 9.30. The van der Waals surface area contributed by atoms with E-state index in [0.29, 0.717) is 5.92 Å². The Morgan fingerprint density at radius 2 is 1.75 bits per heavy atom. The van der Waals surface area contributed by atoms with Gasteiger partial charge in [0.2, 0.25) is 5.88 Å². The van der Waals surface area contributed by atoms with E-state index < -0.39 is 0 Å². The highest BCUT2D eigenvalue weighted by molar-refractivity contribution is 5.66. The van der Waals surface area contributed by atoms with Gasteiger partial charge in [0.15, 0.2) is 0 Å². The van der Waals surface area contributed by atoms with E-state index in [9.17, 15) is 5.11 Å². The first-order valence-corrected chi connectivity index (χ1v) is 7.17. The average molecular weight is 272 g/mol. The third-order valence-corrected chi connectivity index (χ3v) is 3.26. The van der Waals surface area contributed by atoms with E-state index in [1.807, 2.05) is 22.9 Å². The molecule has 0 atom stereocenters. The largest absolute Gasteiger partial charge is 0.492 e. The lowest BCUT2D eigenvalue weighted by Crippen LogP contribution is -2.24. The quantitative estimate of drug-likeness (QED) is 0.909. The van der Waals surface area contributed by atoms with Crippen molar-refractivity contribution in [2.75, 3.05) is 0 Å². The van der Waals surface area contributed by atoms with Gasteiger partial charge in [0.25, 0.3) is 0 Å². The summed E-state index contributed by atoms with van der Waals surface area (Å²) in [5.74, 6) is 0.633. The molecule has 1 heterocycles. The molecule has 0 spiro atoms. The van der Waals surface area contributed by atoms with Crippen LogP contribution in [0.2, 0.25) is 0 Å². The minimum Gasteiger partial charge on any atom is -0.492 e. The third-order valence-electron chi connectivity index (χ3n) is 3.26. The van der Waals surface area contributed by atoms with Crippen molar-refractivity contribution in [1.29, 1.82) is 0 Å². The molecule has 1 aromatic heterocycles. The average Bonchev–Trinajstić information content (AvgIpc) is 2.67. The number of nitrogens with zero attached hydrogens (tertiary/aromatic N) is 2. The SMILES string of the molecule is CC(C)Cc1c(O)nn(C(C)(C)C)c1-c1ccccc1.